The first-order valence-corrected chi connectivity index (χ1v) is 9.88. The van der Waals surface area contributed by atoms with Crippen LogP contribution in [0, 0.1) is 5.82 Å². The predicted molar refractivity (Wildman–Crippen MR) is 111 cm³/mol. The van der Waals surface area contributed by atoms with E-state index in [0.717, 1.165) is 18.5 Å². The van der Waals surface area contributed by atoms with Gasteiger partial charge in [0.15, 0.2) is 6.10 Å². The molecule has 0 unspecified atom stereocenters. The quantitative estimate of drug-likeness (QED) is 0.738. The highest BCUT2D eigenvalue weighted by Gasteiger charge is 2.46. The van der Waals surface area contributed by atoms with E-state index in [1.807, 2.05) is 31.1 Å². The highest BCUT2D eigenvalue weighted by atomic mass is 19.1. The van der Waals surface area contributed by atoms with Crippen LogP contribution in [0.15, 0.2) is 48.5 Å². The van der Waals surface area contributed by atoms with Crippen molar-refractivity contribution in [2.45, 2.75) is 44.1 Å². The third kappa shape index (κ3) is 4.42. The van der Waals surface area contributed by atoms with Gasteiger partial charge in [0, 0.05) is 31.0 Å². The van der Waals surface area contributed by atoms with Gasteiger partial charge >= 0.3 is 5.97 Å². The summed E-state index contributed by atoms with van der Waals surface area (Å²) in [6, 6.07) is 13.7. The normalized spacial score (nSPS) is 16.1. The fourth-order valence-electron chi connectivity index (χ4n) is 3.82. The van der Waals surface area contributed by atoms with Crippen molar-refractivity contribution in [3.8, 4) is 0 Å². The van der Waals surface area contributed by atoms with Gasteiger partial charge in [-0.15, -0.1) is 0 Å². The second-order valence-corrected chi connectivity index (χ2v) is 7.75. The zero-order chi connectivity index (χ0) is 21.0. The highest BCUT2D eigenvalue weighted by molar-refractivity contribution is 5.96. The number of benzene rings is 2. The van der Waals surface area contributed by atoms with Crippen molar-refractivity contribution >= 4 is 23.3 Å². The number of anilines is 2. The topological polar surface area (TPSA) is 58.6 Å². The Hall–Kier alpha value is -2.89. The van der Waals surface area contributed by atoms with Crippen molar-refractivity contribution in [2.24, 2.45) is 0 Å². The zero-order valence-electron chi connectivity index (χ0n) is 17.1. The summed E-state index contributed by atoms with van der Waals surface area (Å²) < 4.78 is 19.9. The third-order valence-electron chi connectivity index (χ3n) is 5.54. The maximum atomic E-state index is 14.4. The van der Waals surface area contributed by atoms with Crippen molar-refractivity contribution < 1.29 is 18.7 Å². The van der Waals surface area contributed by atoms with Gasteiger partial charge in [0.1, 0.15) is 5.82 Å². The number of carbonyl (C=O) groups is 2. The lowest BCUT2D eigenvalue weighted by Gasteiger charge is -2.29. The summed E-state index contributed by atoms with van der Waals surface area (Å²) in [5.41, 5.74) is 0.964. The average Bonchev–Trinajstić information content (AvgIpc) is 3.19. The first kappa shape index (κ1) is 20.8. The zero-order valence-corrected chi connectivity index (χ0v) is 17.1. The Labute approximate surface area is 170 Å². The number of carbonyl (C=O) groups excluding carboxylic acids is 2. The Bertz CT molecular complexity index is 874. The van der Waals surface area contributed by atoms with Crippen LogP contribution < -0.4 is 10.2 Å². The molecule has 5 nitrogen and oxygen atoms in total. The van der Waals surface area contributed by atoms with Crippen LogP contribution in [0.3, 0.4) is 0 Å². The summed E-state index contributed by atoms with van der Waals surface area (Å²) in [4.78, 5) is 27.5. The summed E-state index contributed by atoms with van der Waals surface area (Å²) in [6.45, 7) is 1.53. The molecule has 6 heteroatoms. The molecule has 0 heterocycles. The number of hydrogen-bond acceptors (Lipinski definition) is 4. The molecule has 1 atom stereocenters. The van der Waals surface area contributed by atoms with Crippen LogP contribution in [0.5, 0.6) is 0 Å². The molecule has 0 bridgehead atoms. The molecule has 1 amide bonds. The van der Waals surface area contributed by atoms with Gasteiger partial charge in [-0.05, 0) is 50.1 Å². The van der Waals surface area contributed by atoms with Crippen molar-refractivity contribution in [1.29, 1.82) is 0 Å². The maximum Gasteiger partial charge on any atom is 0.317 e. The van der Waals surface area contributed by atoms with Crippen molar-refractivity contribution in [1.82, 2.24) is 0 Å². The lowest BCUT2D eigenvalue weighted by molar-refractivity contribution is -0.159. The standard InChI is InChI=1S/C23H27FN2O3/c1-16(21(27)25-17-10-12-18(13-11-17)26(2)3)29-22(28)23(14-6-7-15-23)19-8-4-5-9-20(19)24/h4-5,8-13,16H,6-7,14-15H2,1-3H3,(H,25,27)/t16-/m0/s1. The van der Waals surface area contributed by atoms with E-state index in [0.29, 0.717) is 24.1 Å². The van der Waals surface area contributed by atoms with E-state index in [-0.39, 0.29) is 0 Å². The Morgan fingerprint density at radius 3 is 2.28 bits per heavy atom. The minimum atomic E-state index is -1.02. The lowest BCUT2D eigenvalue weighted by Crippen LogP contribution is -2.40. The molecule has 0 radical (unpaired) electrons. The number of nitrogens with zero attached hydrogens (tertiary/aromatic N) is 1. The van der Waals surface area contributed by atoms with Crippen molar-refractivity contribution in [3.63, 3.8) is 0 Å². The summed E-state index contributed by atoms with van der Waals surface area (Å²) in [7, 11) is 3.87. The van der Waals surface area contributed by atoms with Crippen molar-refractivity contribution in [2.75, 3.05) is 24.3 Å². The van der Waals surface area contributed by atoms with Gasteiger partial charge in [-0.2, -0.15) is 0 Å². The number of esters is 1. The molecular formula is C23H27FN2O3. The number of nitrogens with one attached hydrogen (secondary N) is 1. The van der Waals surface area contributed by atoms with E-state index >= 15 is 0 Å². The molecule has 0 aliphatic heterocycles. The first-order chi connectivity index (χ1) is 13.8. The van der Waals surface area contributed by atoms with Gasteiger partial charge in [0.05, 0.1) is 5.41 Å². The fourth-order valence-corrected chi connectivity index (χ4v) is 3.82. The number of ether oxygens (including phenoxy) is 1. The minimum absolute atomic E-state index is 0.356. The predicted octanol–water partition coefficient (Wildman–Crippen LogP) is 4.27. The van der Waals surface area contributed by atoms with E-state index in [1.165, 1.54) is 13.0 Å². The Morgan fingerprint density at radius 2 is 1.69 bits per heavy atom. The average molecular weight is 398 g/mol. The monoisotopic (exact) mass is 398 g/mol. The van der Waals surface area contributed by atoms with E-state index in [9.17, 15) is 14.0 Å². The Morgan fingerprint density at radius 1 is 1.07 bits per heavy atom. The molecule has 2 aromatic rings. The van der Waals surface area contributed by atoms with Gasteiger partial charge in [0.25, 0.3) is 5.91 Å². The highest BCUT2D eigenvalue weighted by Crippen LogP contribution is 2.43. The number of hydrogen-bond donors (Lipinski definition) is 1. The first-order valence-electron chi connectivity index (χ1n) is 9.88. The van der Waals surface area contributed by atoms with Crippen molar-refractivity contribution in [3.05, 3.63) is 59.9 Å². The Balaban J connectivity index is 1.70. The summed E-state index contributed by atoms with van der Waals surface area (Å²) >= 11 is 0. The molecule has 0 spiro atoms. The van der Waals surface area contributed by atoms with E-state index < -0.39 is 29.2 Å². The van der Waals surface area contributed by atoms with Gasteiger partial charge < -0.3 is 15.0 Å². The van der Waals surface area contributed by atoms with Crippen LogP contribution in [0.2, 0.25) is 0 Å². The molecule has 154 valence electrons. The lowest BCUT2D eigenvalue weighted by atomic mass is 9.78. The summed E-state index contributed by atoms with van der Waals surface area (Å²) in [6.07, 6.45) is 1.70. The molecule has 1 fully saturated rings. The van der Waals surface area contributed by atoms with Crippen LogP contribution in [-0.2, 0) is 19.7 Å². The Kier molecular flexibility index (Phi) is 6.20. The second-order valence-electron chi connectivity index (χ2n) is 7.75. The van der Waals surface area contributed by atoms with Crippen LogP contribution in [0.25, 0.3) is 0 Å². The fraction of sp³-hybridized carbons (Fsp3) is 0.391. The maximum absolute atomic E-state index is 14.4. The molecule has 29 heavy (non-hydrogen) atoms. The van der Waals surface area contributed by atoms with Crippen LogP contribution in [-0.4, -0.2) is 32.1 Å². The molecule has 0 aromatic heterocycles. The molecule has 1 aliphatic carbocycles. The molecule has 3 rings (SSSR count). The molecule has 1 saturated carbocycles. The van der Waals surface area contributed by atoms with Crippen LogP contribution >= 0.6 is 0 Å². The third-order valence-corrected chi connectivity index (χ3v) is 5.54. The SMILES string of the molecule is C[C@H](OC(=O)C1(c2ccccc2F)CCCC1)C(=O)Nc1ccc(N(C)C)cc1. The van der Waals surface area contributed by atoms with Gasteiger partial charge in [0.2, 0.25) is 0 Å². The number of amides is 1. The number of rotatable bonds is 6. The smallest absolute Gasteiger partial charge is 0.317 e. The van der Waals surface area contributed by atoms with E-state index in [1.54, 1.807) is 30.3 Å². The van der Waals surface area contributed by atoms with Gasteiger partial charge in [-0.1, -0.05) is 31.0 Å². The minimum Gasteiger partial charge on any atom is -0.452 e. The molecular weight excluding hydrogens is 371 g/mol. The largest absolute Gasteiger partial charge is 0.452 e. The van der Waals surface area contributed by atoms with E-state index in [2.05, 4.69) is 5.32 Å². The van der Waals surface area contributed by atoms with Gasteiger partial charge in [-0.25, -0.2) is 4.39 Å². The second kappa shape index (κ2) is 8.64. The van der Waals surface area contributed by atoms with E-state index in [4.69, 9.17) is 4.74 Å². The molecule has 2 aromatic carbocycles. The van der Waals surface area contributed by atoms with Crippen LogP contribution in [0.4, 0.5) is 15.8 Å². The number of halogens is 1. The summed E-state index contributed by atoms with van der Waals surface area (Å²) in [5.74, 6) is -1.37. The van der Waals surface area contributed by atoms with Crippen LogP contribution in [0.1, 0.15) is 38.2 Å². The molecule has 1 N–H and O–H groups in total. The van der Waals surface area contributed by atoms with Gasteiger partial charge in [-0.3, -0.25) is 9.59 Å². The summed E-state index contributed by atoms with van der Waals surface area (Å²) in [5, 5.41) is 2.76. The molecule has 1 aliphatic rings. The molecule has 0 saturated heterocycles.